The highest BCUT2D eigenvalue weighted by Crippen LogP contribution is 2.29. The molecule has 8 heteroatoms. The van der Waals surface area contributed by atoms with Crippen molar-refractivity contribution in [2.45, 2.75) is 12.7 Å². The van der Waals surface area contributed by atoms with Gasteiger partial charge in [0, 0.05) is 6.54 Å². The van der Waals surface area contributed by atoms with Crippen LogP contribution in [0.5, 0.6) is 0 Å². The standard InChI is InChI=1S/C12H9ClF3N3O/c13-9-10(18-6-19-11(9)20)17-5-7-1-3-8(4-2-7)12(14,15)16/h1-4,6H,5H2,(H2,17,18,19,20). The summed E-state index contributed by atoms with van der Waals surface area (Å²) in [7, 11) is 0. The van der Waals surface area contributed by atoms with Crippen LogP contribution in [0.3, 0.4) is 0 Å². The molecule has 0 spiro atoms. The van der Waals surface area contributed by atoms with Crippen LogP contribution in [-0.4, -0.2) is 9.97 Å². The molecule has 0 atom stereocenters. The Morgan fingerprint density at radius 2 is 1.90 bits per heavy atom. The van der Waals surface area contributed by atoms with Crippen molar-refractivity contribution < 1.29 is 13.2 Å². The lowest BCUT2D eigenvalue weighted by Crippen LogP contribution is -2.12. The molecule has 1 aromatic heterocycles. The van der Waals surface area contributed by atoms with E-state index in [0.29, 0.717) is 5.56 Å². The van der Waals surface area contributed by atoms with E-state index in [2.05, 4.69) is 15.3 Å². The summed E-state index contributed by atoms with van der Waals surface area (Å²) in [5.74, 6) is 0.176. The Morgan fingerprint density at radius 3 is 2.50 bits per heavy atom. The molecule has 1 heterocycles. The highest BCUT2D eigenvalue weighted by molar-refractivity contribution is 6.32. The van der Waals surface area contributed by atoms with Crippen molar-refractivity contribution in [3.63, 3.8) is 0 Å². The summed E-state index contributed by atoms with van der Waals surface area (Å²) >= 11 is 5.73. The molecule has 20 heavy (non-hydrogen) atoms. The summed E-state index contributed by atoms with van der Waals surface area (Å²) in [6.45, 7) is 0.203. The Labute approximate surface area is 116 Å². The highest BCUT2D eigenvalue weighted by atomic mass is 35.5. The second-order valence-corrected chi connectivity index (χ2v) is 4.32. The molecule has 0 amide bonds. The van der Waals surface area contributed by atoms with Crippen LogP contribution in [0.1, 0.15) is 11.1 Å². The molecule has 0 bridgehead atoms. The molecule has 0 fully saturated rings. The number of H-pyrrole nitrogens is 1. The maximum atomic E-state index is 12.4. The number of aromatic amines is 1. The lowest BCUT2D eigenvalue weighted by Gasteiger charge is -2.09. The van der Waals surface area contributed by atoms with E-state index in [4.69, 9.17) is 11.6 Å². The van der Waals surface area contributed by atoms with Crippen LogP contribution in [0.25, 0.3) is 0 Å². The van der Waals surface area contributed by atoms with Crippen molar-refractivity contribution >= 4 is 17.4 Å². The molecule has 0 aliphatic carbocycles. The first-order valence-electron chi connectivity index (χ1n) is 5.51. The Kier molecular flexibility index (Phi) is 3.99. The minimum absolute atomic E-state index is 0.0978. The molecule has 0 saturated carbocycles. The van der Waals surface area contributed by atoms with Gasteiger partial charge in [0.25, 0.3) is 5.56 Å². The number of hydrogen-bond donors (Lipinski definition) is 2. The van der Waals surface area contributed by atoms with Gasteiger partial charge in [-0.25, -0.2) is 4.98 Å². The monoisotopic (exact) mass is 303 g/mol. The number of halogens is 4. The summed E-state index contributed by atoms with van der Waals surface area (Å²) in [4.78, 5) is 17.3. The van der Waals surface area contributed by atoms with Crippen molar-refractivity contribution in [3.8, 4) is 0 Å². The number of anilines is 1. The smallest absolute Gasteiger partial charge is 0.365 e. The van der Waals surface area contributed by atoms with Crippen LogP contribution in [0.15, 0.2) is 35.4 Å². The van der Waals surface area contributed by atoms with E-state index < -0.39 is 17.3 Å². The van der Waals surface area contributed by atoms with E-state index in [0.717, 1.165) is 12.1 Å². The highest BCUT2D eigenvalue weighted by Gasteiger charge is 2.29. The molecule has 0 saturated heterocycles. The first-order valence-corrected chi connectivity index (χ1v) is 5.89. The van der Waals surface area contributed by atoms with Gasteiger partial charge in [-0.05, 0) is 17.7 Å². The van der Waals surface area contributed by atoms with Gasteiger partial charge in [-0.1, -0.05) is 23.7 Å². The summed E-state index contributed by atoms with van der Waals surface area (Å²) in [5.41, 5.74) is -0.596. The van der Waals surface area contributed by atoms with Crippen LogP contribution in [0.4, 0.5) is 19.0 Å². The molecule has 1 aromatic carbocycles. The number of rotatable bonds is 3. The molecule has 0 radical (unpaired) electrons. The van der Waals surface area contributed by atoms with E-state index in [-0.39, 0.29) is 17.4 Å². The third kappa shape index (κ3) is 3.30. The van der Waals surface area contributed by atoms with E-state index in [1.54, 1.807) is 0 Å². The second-order valence-electron chi connectivity index (χ2n) is 3.94. The van der Waals surface area contributed by atoms with Crippen molar-refractivity contribution in [1.82, 2.24) is 9.97 Å². The third-order valence-corrected chi connectivity index (χ3v) is 2.89. The van der Waals surface area contributed by atoms with Crippen molar-refractivity contribution in [2.24, 2.45) is 0 Å². The number of aromatic nitrogens is 2. The molecule has 2 aromatic rings. The van der Waals surface area contributed by atoms with Crippen molar-refractivity contribution in [2.75, 3.05) is 5.32 Å². The largest absolute Gasteiger partial charge is 0.416 e. The number of benzene rings is 1. The fraction of sp³-hybridized carbons (Fsp3) is 0.167. The Hall–Kier alpha value is -2.02. The SMILES string of the molecule is O=c1[nH]cnc(NCc2ccc(C(F)(F)F)cc2)c1Cl. The zero-order valence-corrected chi connectivity index (χ0v) is 10.7. The molecule has 0 aliphatic heterocycles. The van der Waals surface area contributed by atoms with E-state index in [9.17, 15) is 18.0 Å². The molecular weight excluding hydrogens is 295 g/mol. The Balaban J connectivity index is 2.08. The van der Waals surface area contributed by atoms with Crippen LogP contribution >= 0.6 is 11.6 Å². The molecule has 2 rings (SSSR count). The van der Waals surface area contributed by atoms with Crippen LogP contribution in [0, 0.1) is 0 Å². The van der Waals surface area contributed by atoms with Crippen LogP contribution < -0.4 is 10.9 Å². The zero-order chi connectivity index (χ0) is 14.8. The predicted octanol–water partition coefficient (Wildman–Crippen LogP) is 3.05. The number of nitrogens with one attached hydrogen (secondary N) is 2. The first-order chi connectivity index (χ1) is 9.38. The number of hydrogen-bond acceptors (Lipinski definition) is 3. The molecule has 2 N–H and O–H groups in total. The van der Waals surface area contributed by atoms with Gasteiger partial charge < -0.3 is 10.3 Å². The zero-order valence-electron chi connectivity index (χ0n) is 9.96. The average Bonchev–Trinajstić information content (AvgIpc) is 2.40. The molecule has 106 valence electrons. The van der Waals surface area contributed by atoms with Crippen molar-refractivity contribution in [1.29, 1.82) is 0 Å². The van der Waals surface area contributed by atoms with Gasteiger partial charge in [-0.3, -0.25) is 4.79 Å². The van der Waals surface area contributed by atoms with E-state index in [1.165, 1.54) is 18.5 Å². The average molecular weight is 304 g/mol. The van der Waals surface area contributed by atoms with Gasteiger partial charge in [-0.2, -0.15) is 13.2 Å². The fourth-order valence-corrected chi connectivity index (χ4v) is 1.67. The predicted molar refractivity (Wildman–Crippen MR) is 68.6 cm³/mol. The van der Waals surface area contributed by atoms with Gasteiger partial charge >= 0.3 is 6.18 Å². The van der Waals surface area contributed by atoms with Gasteiger partial charge in [0.15, 0.2) is 5.82 Å². The van der Waals surface area contributed by atoms with Gasteiger partial charge in [0.1, 0.15) is 5.02 Å². The van der Waals surface area contributed by atoms with Crippen LogP contribution in [-0.2, 0) is 12.7 Å². The van der Waals surface area contributed by atoms with Gasteiger partial charge in [-0.15, -0.1) is 0 Å². The lowest BCUT2D eigenvalue weighted by atomic mass is 10.1. The Morgan fingerprint density at radius 1 is 1.25 bits per heavy atom. The third-order valence-electron chi connectivity index (χ3n) is 2.54. The summed E-state index contributed by atoms with van der Waals surface area (Å²) in [6.07, 6.45) is -3.17. The summed E-state index contributed by atoms with van der Waals surface area (Å²) in [5, 5.41) is 2.69. The number of nitrogens with zero attached hydrogens (tertiary/aromatic N) is 1. The Bertz CT molecular complexity index is 652. The molecular formula is C12H9ClF3N3O. The minimum atomic E-state index is -4.36. The first kappa shape index (κ1) is 14.4. The fourth-order valence-electron chi connectivity index (χ4n) is 1.50. The van der Waals surface area contributed by atoms with Gasteiger partial charge in [0.05, 0.1) is 11.9 Å². The van der Waals surface area contributed by atoms with E-state index >= 15 is 0 Å². The summed E-state index contributed by atoms with van der Waals surface area (Å²) < 4.78 is 37.2. The maximum Gasteiger partial charge on any atom is 0.416 e. The lowest BCUT2D eigenvalue weighted by molar-refractivity contribution is -0.137. The van der Waals surface area contributed by atoms with E-state index in [1.807, 2.05) is 0 Å². The van der Waals surface area contributed by atoms with Gasteiger partial charge in [0.2, 0.25) is 0 Å². The molecule has 0 aliphatic rings. The number of alkyl halides is 3. The quantitative estimate of drug-likeness (QED) is 0.916. The van der Waals surface area contributed by atoms with Crippen LogP contribution in [0.2, 0.25) is 5.02 Å². The normalized spacial score (nSPS) is 11.4. The second kappa shape index (κ2) is 5.54. The molecule has 0 unspecified atom stereocenters. The topological polar surface area (TPSA) is 57.8 Å². The van der Waals surface area contributed by atoms with Crippen molar-refractivity contribution in [3.05, 3.63) is 57.1 Å². The maximum absolute atomic E-state index is 12.4. The molecule has 4 nitrogen and oxygen atoms in total. The summed E-state index contributed by atoms with van der Waals surface area (Å²) in [6, 6.07) is 4.67. The minimum Gasteiger partial charge on any atom is -0.365 e.